The molecular weight excluding hydrogens is 249 g/mol. The first-order chi connectivity index (χ1) is 2.00. The fourth-order valence-corrected chi connectivity index (χ4v) is 0. The second-order valence-corrected chi connectivity index (χ2v) is 3.00. The van der Waals surface area contributed by atoms with E-state index in [0.29, 0.717) is 0 Å². The van der Waals surface area contributed by atoms with Crippen molar-refractivity contribution in [2.24, 2.45) is 0 Å². The van der Waals surface area contributed by atoms with Gasteiger partial charge in [0.15, 0.2) is 0 Å². The van der Waals surface area contributed by atoms with E-state index < -0.39 is 20.1 Å². The van der Waals surface area contributed by atoms with Crippen LogP contribution in [0.1, 0.15) is 0 Å². The van der Waals surface area contributed by atoms with E-state index in [0.717, 1.165) is 0 Å². The molecule has 6 heteroatoms. The van der Waals surface area contributed by atoms with E-state index in [1.54, 1.807) is 0 Å². The zero-order chi connectivity index (χ0) is 4.50. The van der Waals surface area contributed by atoms with Gasteiger partial charge in [-0.25, -0.2) is 0 Å². The predicted molar refractivity (Wildman–Crippen MR) is 6.44 cm³/mol. The average Bonchev–Trinajstić information content (AvgIpc) is 0.722. The van der Waals surface area contributed by atoms with Crippen LogP contribution in [0.5, 0.6) is 0 Å². The molecule has 40 valence electrons. The van der Waals surface area contributed by atoms with Gasteiger partial charge in [-0.15, -0.1) is 0 Å². The fourth-order valence-electron chi connectivity index (χ4n) is 0. The first-order valence-corrected chi connectivity index (χ1v) is 4.90. The Bertz CT molecular complexity index is 53.7. The van der Waals surface area contributed by atoms with Crippen LogP contribution in [0.4, 0.5) is 0 Å². The number of hydrogen-bond acceptors (Lipinski definition) is 4. The SMILES string of the molecule is [Cu+3].[O]=[Sb]([O-])([O-])[O-]. The molecule has 0 fully saturated rings. The topological polar surface area (TPSA) is 86.2 Å². The predicted octanol–water partition coefficient (Wildman–Crippen LogP) is -4.07. The first kappa shape index (κ1) is 10.1. The monoisotopic (exact) mass is 248 g/mol. The Labute approximate surface area is 50.4 Å². The van der Waals surface area contributed by atoms with E-state index in [2.05, 4.69) is 0 Å². The van der Waals surface area contributed by atoms with Gasteiger partial charge in [-0.2, -0.15) is 0 Å². The maximum absolute atomic E-state index is 8.64. The van der Waals surface area contributed by atoms with Crippen molar-refractivity contribution in [2.45, 2.75) is 0 Å². The average molecular weight is 249 g/mol. The molecule has 0 spiro atoms. The molecule has 6 heavy (non-hydrogen) atoms. The molecule has 0 aliphatic heterocycles. The van der Waals surface area contributed by atoms with Crippen molar-refractivity contribution in [3.05, 3.63) is 0 Å². The van der Waals surface area contributed by atoms with Crippen molar-refractivity contribution in [3.63, 3.8) is 0 Å². The second-order valence-electron chi connectivity index (χ2n) is 0.447. The summed E-state index contributed by atoms with van der Waals surface area (Å²) in [4.78, 5) is 0. The van der Waals surface area contributed by atoms with Crippen LogP contribution in [0.15, 0.2) is 0 Å². The van der Waals surface area contributed by atoms with Crippen LogP contribution in [0.3, 0.4) is 0 Å². The first-order valence-electron chi connectivity index (χ1n) is 0.730. The molecule has 0 heterocycles. The third-order valence-corrected chi connectivity index (χ3v) is 0. The van der Waals surface area contributed by atoms with Gasteiger partial charge in [0.1, 0.15) is 0 Å². The maximum atomic E-state index is 8.64. The zero-order valence-electron chi connectivity index (χ0n) is 2.38. The van der Waals surface area contributed by atoms with Gasteiger partial charge in [-0.1, -0.05) is 0 Å². The van der Waals surface area contributed by atoms with Crippen LogP contribution in [-0.2, 0) is 20.1 Å². The molecule has 0 radical (unpaired) electrons. The summed E-state index contributed by atoms with van der Waals surface area (Å²) >= 11 is -6.10. The van der Waals surface area contributed by atoms with Gasteiger partial charge in [0, 0.05) is 0 Å². The molecule has 0 amide bonds. The van der Waals surface area contributed by atoms with Gasteiger partial charge in [-0.05, 0) is 0 Å². The molecule has 0 aromatic rings. The molecule has 0 N–H and O–H groups in total. The van der Waals surface area contributed by atoms with E-state index in [4.69, 9.17) is 13.2 Å². The van der Waals surface area contributed by atoms with Gasteiger partial charge in [-0.3, -0.25) is 0 Å². The summed E-state index contributed by atoms with van der Waals surface area (Å²) in [6.45, 7) is 0. The van der Waals surface area contributed by atoms with Crippen molar-refractivity contribution in [2.75, 3.05) is 0 Å². The molecule has 0 aliphatic carbocycles. The molecule has 0 aliphatic rings. The fraction of sp³-hybridized carbons (Fsp3) is 0. The summed E-state index contributed by atoms with van der Waals surface area (Å²) in [6.07, 6.45) is 0. The Morgan fingerprint density at radius 2 is 1.17 bits per heavy atom. The summed E-state index contributed by atoms with van der Waals surface area (Å²) in [5, 5.41) is 0. The van der Waals surface area contributed by atoms with Crippen molar-refractivity contribution in [1.29, 1.82) is 0 Å². The van der Waals surface area contributed by atoms with Crippen LogP contribution in [0, 0.1) is 0 Å². The van der Waals surface area contributed by atoms with Gasteiger partial charge in [0.2, 0.25) is 0 Å². The van der Waals surface area contributed by atoms with Gasteiger partial charge >= 0.3 is 50.3 Å². The summed E-state index contributed by atoms with van der Waals surface area (Å²) in [6, 6.07) is 0. The van der Waals surface area contributed by atoms with Crippen molar-refractivity contribution < 1.29 is 30.2 Å². The van der Waals surface area contributed by atoms with Crippen LogP contribution in [-0.4, -0.2) is 20.1 Å². The van der Waals surface area contributed by atoms with Crippen molar-refractivity contribution >= 4 is 20.1 Å². The van der Waals surface area contributed by atoms with E-state index in [9.17, 15) is 0 Å². The summed E-state index contributed by atoms with van der Waals surface area (Å²) in [7, 11) is 0. The second kappa shape index (κ2) is 3.08. The molecule has 0 aromatic carbocycles. The Balaban J connectivity index is 0. The Kier molecular flexibility index (Phi) is 5.18. The summed E-state index contributed by atoms with van der Waals surface area (Å²) in [5.41, 5.74) is 0. The van der Waals surface area contributed by atoms with E-state index in [1.807, 2.05) is 0 Å². The van der Waals surface area contributed by atoms with E-state index in [-0.39, 0.29) is 17.1 Å². The molecule has 0 rings (SSSR count). The normalized spacial score (nSPS) is 9.83. The van der Waals surface area contributed by atoms with Crippen molar-refractivity contribution in [3.8, 4) is 0 Å². The Hall–Kier alpha value is 1.02. The minimum atomic E-state index is -6.10. The number of hydrogen-bond donors (Lipinski definition) is 0. The molecule has 0 saturated carbocycles. The minimum absolute atomic E-state index is 0. The number of rotatable bonds is 0. The molecule has 0 saturated heterocycles. The van der Waals surface area contributed by atoms with Gasteiger partial charge in [0.05, 0.1) is 0 Å². The Morgan fingerprint density at radius 3 is 1.17 bits per heavy atom. The summed E-state index contributed by atoms with van der Waals surface area (Å²) in [5.74, 6) is 0. The standard InChI is InChI=1S/Cu.4O.Sb/q+3;;3*-1;. The molecule has 0 bridgehead atoms. The van der Waals surface area contributed by atoms with Crippen LogP contribution in [0.25, 0.3) is 0 Å². The third-order valence-electron chi connectivity index (χ3n) is 0. The van der Waals surface area contributed by atoms with E-state index >= 15 is 0 Å². The molecule has 0 unspecified atom stereocenters. The molecule has 4 nitrogen and oxygen atoms in total. The van der Waals surface area contributed by atoms with Crippen LogP contribution >= 0.6 is 0 Å². The molecular formula is CuO4Sb. The quantitative estimate of drug-likeness (QED) is 0.409. The molecule has 0 atom stereocenters. The summed E-state index contributed by atoms with van der Waals surface area (Å²) < 4.78 is 34.6. The van der Waals surface area contributed by atoms with Gasteiger partial charge < -0.3 is 0 Å². The Morgan fingerprint density at radius 1 is 1.17 bits per heavy atom. The van der Waals surface area contributed by atoms with Crippen molar-refractivity contribution in [1.82, 2.24) is 0 Å². The van der Waals surface area contributed by atoms with E-state index in [1.165, 1.54) is 0 Å². The molecule has 0 aromatic heterocycles. The zero-order valence-corrected chi connectivity index (χ0v) is 5.88. The van der Waals surface area contributed by atoms with Gasteiger partial charge in [0.25, 0.3) is 0 Å². The van der Waals surface area contributed by atoms with Crippen LogP contribution in [0.2, 0.25) is 0 Å². The third kappa shape index (κ3) is 78.2. The van der Waals surface area contributed by atoms with Crippen LogP contribution < -0.4 is 10.2 Å².